The van der Waals surface area contributed by atoms with Crippen LogP contribution >= 0.6 is 0 Å². The first-order valence-corrected chi connectivity index (χ1v) is 9.30. The van der Waals surface area contributed by atoms with E-state index in [-0.39, 0.29) is 23.6 Å². The van der Waals surface area contributed by atoms with Crippen LogP contribution in [-0.4, -0.2) is 26.1 Å². The maximum Gasteiger partial charge on any atom is 0.350 e. The number of amides is 1. The monoisotopic (exact) mass is 365 g/mol. The van der Waals surface area contributed by atoms with Gasteiger partial charge in [-0.05, 0) is 49.1 Å². The summed E-state index contributed by atoms with van der Waals surface area (Å²) in [6, 6.07) is 13.1. The van der Waals surface area contributed by atoms with Gasteiger partial charge in [0, 0.05) is 23.8 Å². The number of benzene rings is 1. The van der Waals surface area contributed by atoms with Crippen molar-refractivity contribution in [1.29, 1.82) is 0 Å². The number of aromatic nitrogens is 3. The smallest absolute Gasteiger partial charge is 0.328 e. The number of nitrogens with zero attached hydrogens (tertiary/aromatic N) is 3. The van der Waals surface area contributed by atoms with Crippen molar-refractivity contribution in [3.8, 4) is 0 Å². The highest BCUT2D eigenvalue weighted by molar-refractivity contribution is 5.92. The highest BCUT2D eigenvalue weighted by Gasteiger charge is 2.25. The fourth-order valence-electron chi connectivity index (χ4n) is 3.70. The number of anilines is 1. The van der Waals surface area contributed by atoms with Gasteiger partial charge in [0.05, 0.1) is 6.54 Å². The van der Waals surface area contributed by atoms with E-state index in [2.05, 4.69) is 10.4 Å². The van der Waals surface area contributed by atoms with Crippen LogP contribution in [0.4, 0.5) is 5.69 Å². The summed E-state index contributed by atoms with van der Waals surface area (Å²) < 4.78 is 2.94. The molecule has 7 heteroatoms. The van der Waals surface area contributed by atoms with Gasteiger partial charge in [-0.15, -0.1) is 5.10 Å². The molecule has 1 aliphatic rings. The number of carbonyl (C=O) groups excluding carboxylic acids is 1. The first kappa shape index (κ1) is 17.5. The molecule has 2 heterocycles. The molecule has 3 N–H and O–H groups in total. The van der Waals surface area contributed by atoms with Gasteiger partial charge in [-0.1, -0.05) is 24.6 Å². The summed E-state index contributed by atoms with van der Waals surface area (Å²) in [5, 5.41) is 7.34. The summed E-state index contributed by atoms with van der Waals surface area (Å²) >= 11 is 0. The number of hydrogen-bond acceptors (Lipinski definition) is 4. The van der Waals surface area contributed by atoms with Crippen LogP contribution < -0.4 is 16.7 Å². The van der Waals surface area contributed by atoms with E-state index in [0.29, 0.717) is 12.2 Å². The third kappa shape index (κ3) is 3.78. The predicted octanol–water partition coefficient (Wildman–Crippen LogP) is 2.00. The largest absolute Gasteiger partial charge is 0.350 e. The lowest BCUT2D eigenvalue weighted by atomic mass is 9.85. The number of fused-ring (bicyclic) bond motifs is 1. The molecule has 1 saturated carbocycles. The zero-order valence-electron chi connectivity index (χ0n) is 15.0. The zero-order valence-corrected chi connectivity index (χ0v) is 15.0. The quantitative estimate of drug-likeness (QED) is 0.739. The summed E-state index contributed by atoms with van der Waals surface area (Å²) in [7, 11) is 0. The lowest BCUT2D eigenvalue weighted by Gasteiger charge is -2.25. The van der Waals surface area contributed by atoms with Crippen LogP contribution in [0.25, 0.3) is 5.65 Å². The van der Waals surface area contributed by atoms with E-state index in [1.165, 1.54) is 9.08 Å². The van der Waals surface area contributed by atoms with E-state index in [1.54, 1.807) is 18.3 Å². The number of rotatable bonds is 4. The van der Waals surface area contributed by atoms with Gasteiger partial charge in [0.15, 0.2) is 5.65 Å². The van der Waals surface area contributed by atoms with E-state index in [1.807, 2.05) is 30.3 Å². The van der Waals surface area contributed by atoms with Crippen LogP contribution in [-0.2, 0) is 11.3 Å². The number of carbonyl (C=O) groups is 1. The van der Waals surface area contributed by atoms with Crippen molar-refractivity contribution in [3.63, 3.8) is 0 Å². The first-order chi connectivity index (χ1) is 13.1. The van der Waals surface area contributed by atoms with E-state index in [4.69, 9.17) is 5.73 Å². The Kier molecular flexibility index (Phi) is 4.77. The Morgan fingerprint density at radius 1 is 1.22 bits per heavy atom. The van der Waals surface area contributed by atoms with Crippen LogP contribution in [0, 0.1) is 5.92 Å². The Hall–Kier alpha value is -2.93. The topological polar surface area (TPSA) is 94.4 Å². The van der Waals surface area contributed by atoms with Crippen molar-refractivity contribution in [1.82, 2.24) is 14.2 Å². The van der Waals surface area contributed by atoms with Gasteiger partial charge in [-0.2, -0.15) is 0 Å². The Bertz CT molecular complexity index is 1020. The van der Waals surface area contributed by atoms with Crippen molar-refractivity contribution in [2.45, 2.75) is 38.3 Å². The molecule has 1 aliphatic carbocycles. The van der Waals surface area contributed by atoms with Crippen LogP contribution in [0.5, 0.6) is 0 Å². The second-order valence-electron chi connectivity index (χ2n) is 7.18. The predicted molar refractivity (Wildman–Crippen MR) is 104 cm³/mol. The molecule has 1 fully saturated rings. The fraction of sp³-hybridized carbons (Fsp3) is 0.350. The minimum absolute atomic E-state index is 0.0206. The van der Waals surface area contributed by atoms with Crippen LogP contribution in [0.2, 0.25) is 0 Å². The van der Waals surface area contributed by atoms with Crippen molar-refractivity contribution in [3.05, 3.63) is 64.7 Å². The second-order valence-corrected chi connectivity index (χ2v) is 7.18. The minimum atomic E-state index is -0.184. The molecule has 0 spiro atoms. The molecule has 140 valence electrons. The molecule has 0 radical (unpaired) electrons. The molecule has 1 aromatic carbocycles. The van der Waals surface area contributed by atoms with Crippen LogP contribution in [0.15, 0.2) is 53.5 Å². The molecule has 0 bridgehead atoms. The van der Waals surface area contributed by atoms with Gasteiger partial charge in [0.1, 0.15) is 0 Å². The lowest BCUT2D eigenvalue weighted by molar-refractivity contribution is -0.120. The Balaban J connectivity index is 1.49. The SMILES string of the molecule is NC1CCCC(C(=O)Nc2cccc(Cn3nc4ccccn4c3=O)c2)C1. The summed E-state index contributed by atoms with van der Waals surface area (Å²) in [6.07, 6.45) is 5.31. The fourth-order valence-corrected chi connectivity index (χ4v) is 3.70. The van der Waals surface area contributed by atoms with Crippen molar-refractivity contribution in [2.24, 2.45) is 11.7 Å². The molecule has 27 heavy (non-hydrogen) atoms. The van der Waals surface area contributed by atoms with Crippen molar-refractivity contribution in [2.75, 3.05) is 5.32 Å². The lowest BCUT2D eigenvalue weighted by Crippen LogP contribution is -2.34. The number of nitrogens with one attached hydrogen (secondary N) is 1. The maximum atomic E-state index is 12.5. The van der Waals surface area contributed by atoms with Gasteiger partial charge in [-0.25, -0.2) is 9.48 Å². The minimum Gasteiger partial charge on any atom is -0.328 e. The molecule has 0 aliphatic heterocycles. The molecular formula is C20H23N5O2. The van der Waals surface area contributed by atoms with Gasteiger partial charge in [0.25, 0.3) is 0 Å². The number of pyridine rings is 1. The molecule has 1 amide bonds. The standard InChI is InChI=1S/C20H23N5O2/c21-16-7-4-6-15(12-16)19(26)22-17-8-3-5-14(11-17)13-25-20(27)24-10-2-1-9-18(24)23-25/h1-3,5,8-11,15-16H,4,6-7,12-13,21H2,(H,22,26). The molecule has 3 aromatic rings. The summed E-state index contributed by atoms with van der Waals surface area (Å²) in [5.74, 6) is -0.00865. The van der Waals surface area contributed by atoms with Gasteiger partial charge in [0.2, 0.25) is 5.91 Å². The number of hydrogen-bond donors (Lipinski definition) is 2. The van der Waals surface area contributed by atoms with Gasteiger partial charge < -0.3 is 11.1 Å². The molecule has 2 aromatic heterocycles. The summed E-state index contributed by atoms with van der Waals surface area (Å²) in [6.45, 7) is 0.346. The van der Waals surface area contributed by atoms with E-state index in [0.717, 1.165) is 36.9 Å². The Morgan fingerprint density at radius 2 is 2.11 bits per heavy atom. The Morgan fingerprint density at radius 3 is 2.93 bits per heavy atom. The highest BCUT2D eigenvalue weighted by Crippen LogP contribution is 2.24. The molecule has 4 rings (SSSR count). The first-order valence-electron chi connectivity index (χ1n) is 9.30. The molecule has 0 saturated heterocycles. The molecule has 2 unspecified atom stereocenters. The molecular weight excluding hydrogens is 342 g/mol. The van der Waals surface area contributed by atoms with Gasteiger partial charge >= 0.3 is 5.69 Å². The van der Waals surface area contributed by atoms with Crippen molar-refractivity contribution < 1.29 is 4.79 Å². The van der Waals surface area contributed by atoms with E-state index in [9.17, 15) is 9.59 Å². The summed E-state index contributed by atoms with van der Waals surface area (Å²) in [5.41, 5.74) is 8.05. The van der Waals surface area contributed by atoms with E-state index < -0.39 is 0 Å². The summed E-state index contributed by atoms with van der Waals surface area (Å²) in [4.78, 5) is 24.9. The highest BCUT2D eigenvalue weighted by atomic mass is 16.2. The maximum absolute atomic E-state index is 12.5. The molecule has 7 nitrogen and oxygen atoms in total. The van der Waals surface area contributed by atoms with Crippen molar-refractivity contribution >= 4 is 17.2 Å². The third-order valence-electron chi connectivity index (χ3n) is 5.10. The number of nitrogens with two attached hydrogens (primary N) is 1. The Labute approximate surface area is 156 Å². The second kappa shape index (κ2) is 7.36. The van der Waals surface area contributed by atoms with Gasteiger partial charge in [-0.3, -0.25) is 9.20 Å². The zero-order chi connectivity index (χ0) is 18.8. The third-order valence-corrected chi connectivity index (χ3v) is 5.10. The average molecular weight is 365 g/mol. The normalized spacial score (nSPS) is 19.9. The van der Waals surface area contributed by atoms with Crippen LogP contribution in [0.3, 0.4) is 0 Å². The van der Waals surface area contributed by atoms with E-state index >= 15 is 0 Å². The van der Waals surface area contributed by atoms with Crippen LogP contribution in [0.1, 0.15) is 31.2 Å². The molecule has 2 atom stereocenters. The average Bonchev–Trinajstić information content (AvgIpc) is 2.98.